The molecule has 84 valence electrons. The summed E-state index contributed by atoms with van der Waals surface area (Å²) >= 11 is 9.16. The van der Waals surface area contributed by atoms with Crippen LogP contribution < -0.4 is 5.32 Å². The third-order valence-electron chi connectivity index (χ3n) is 2.03. The highest BCUT2D eigenvalue weighted by Crippen LogP contribution is 2.31. The number of rotatable bonds is 3. The quantitative estimate of drug-likeness (QED) is 0.906. The Morgan fingerprint density at radius 3 is 2.88 bits per heavy atom. The van der Waals surface area contributed by atoms with Crippen LogP contribution in [-0.4, -0.2) is 0 Å². The van der Waals surface area contributed by atoms with Gasteiger partial charge in [-0.15, -0.1) is 0 Å². The third-order valence-corrected chi connectivity index (χ3v) is 2.95. The molecule has 0 saturated carbocycles. The smallest absolute Gasteiger partial charge is 0.125 e. The van der Waals surface area contributed by atoms with E-state index in [0.717, 1.165) is 5.76 Å². The van der Waals surface area contributed by atoms with Gasteiger partial charge in [0.2, 0.25) is 0 Å². The molecule has 0 aliphatic carbocycles. The fraction of sp³-hybridized carbons (Fsp3) is 0.0909. The van der Waals surface area contributed by atoms with E-state index in [2.05, 4.69) is 21.2 Å². The van der Waals surface area contributed by atoms with Gasteiger partial charge in [0.05, 0.1) is 23.5 Å². The molecular weight excluding hydrogens is 296 g/mol. The van der Waals surface area contributed by atoms with Crippen LogP contribution >= 0.6 is 27.5 Å². The van der Waals surface area contributed by atoms with Gasteiger partial charge >= 0.3 is 0 Å². The second kappa shape index (κ2) is 4.89. The van der Waals surface area contributed by atoms with Gasteiger partial charge in [0.1, 0.15) is 11.6 Å². The van der Waals surface area contributed by atoms with Crippen molar-refractivity contribution in [3.63, 3.8) is 0 Å². The Morgan fingerprint density at radius 2 is 2.25 bits per heavy atom. The molecule has 0 radical (unpaired) electrons. The maximum Gasteiger partial charge on any atom is 0.125 e. The van der Waals surface area contributed by atoms with Gasteiger partial charge in [-0.05, 0) is 40.2 Å². The molecule has 2 nitrogen and oxygen atoms in total. The normalized spacial score (nSPS) is 10.4. The van der Waals surface area contributed by atoms with Crippen molar-refractivity contribution in [2.24, 2.45) is 0 Å². The first-order chi connectivity index (χ1) is 7.66. The van der Waals surface area contributed by atoms with Crippen LogP contribution in [0.2, 0.25) is 5.02 Å². The van der Waals surface area contributed by atoms with E-state index in [1.165, 1.54) is 12.1 Å². The first-order valence-electron chi connectivity index (χ1n) is 4.57. The van der Waals surface area contributed by atoms with Crippen LogP contribution in [0.3, 0.4) is 0 Å². The predicted octanol–water partition coefficient (Wildman–Crippen LogP) is 4.45. The summed E-state index contributed by atoms with van der Waals surface area (Å²) in [4.78, 5) is 0. The maximum absolute atomic E-state index is 13.0. The molecule has 2 rings (SSSR count). The summed E-state index contributed by atoms with van der Waals surface area (Å²) in [7, 11) is 0. The summed E-state index contributed by atoms with van der Waals surface area (Å²) < 4.78 is 18.7. The maximum atomic E-state index is 13.0. The van der Waals surface area contributed by atoms with Crippen molar-refractivity contribution in [3.05, 3.63) is 51.6 Å². The predicted molar refractivity (Wildman–Crippen MR) is 65.1 cm³/mol. The lowest BCUT2D eigenvalue weighted by atomic mass is 10.3. The van der Waals surface area contributed by atoms with Crippen LogP contribution in [0.25, 0.3) is 0 Å². The minimum Gasteiger partial charge on any atom is -0.467 e. The Hall–Kier alpha value is -1.00. The highest BCUT2D eigenvalue weighted by atomic mass is 79.9. The molecule has 0 bridgehead atoms. The van der Waals surface area contributed by atoms with E-state index in [1.807, 2.05) is 6.07 Å². The average Bonchev–Trinajstić information content (AvgIpc) is 2.68. The van der Waals surface area contributed by atoms with Crippen molar-refractivity contribution in [2.75, 3.05) is 5.32 Å². The summed E-state index contributed by atoms with van der Waals surface area (Å²) in [6, 6.07) is 6.27. The zero-order chi connectivity index (χ0) is 11.5. The number of hydrogen-bond donors (Lipinski definition) is 1. The van der Waals surface area contributed by atoms with Crippen LogP contribution in [0, 0.1) is 5.82 Å². The van der Waals surface area contributed by atoms with Gasteiger partial charge in [0, 0.05) is 4.47 Å². The van der Waals surface area contributed by atoms with Gasteiger partial charge in [0.25, 0.3) is 0 Å². The summed E-state index contributed by atoms with van der Waals surface area (Å²) in [6.07, 6.45) is 1.60. The van der Waals surface area contributed by atoms with E-state index in [0.29, 0.717) is 21.7 Å². The molecule has 1 aromatic carbocycles. The first-order valence-corrected chi connectivity index (χ1v) is 5.74. The van der Waals surface area contributed by atoms with Gasteiger partial charge in [-0.1, -0.05) is 11.6 Å². The van der Waals surface area contributed by atoms with Gasteiger partial charge < -0.3 is 9.73 Å². The highest BCUT2D eigenvalue weighted by molar-refractivity contribution is 9.10. The Labute approximate surface area is 106 Å². The molecule has 1 heterocycles. The van der Waals surface area contributed by atoms with E-state index in [9.17, 15) is 4.39 Å². The lowest BCUT2D eigenvalue weighted by Gasteiger charge is -2.09. The highest BCUT2D eigenvalue weighted by Gasteiger charge is 2.08. The number of halogens is 3. The monoisotopic (exact) mass is 303 g/mol. The topological polar surface area (TPSA) is 25.2 Å². The molecule has 1 N–H and O–H groups in total. The lowest BCUT2D eigenvalue weighted by molar-refractivity contribution is 0.518. The fourth-order valence-electron chi connectivity index (χ4n) is 1.30. The van der Waals surface area contributed by atoms with Gasteiger partial charge in [-0.3, -0.25) is 0 Å². The average molecular weight is 305 g/mol. The molecule has 0 spiro atoms. The number of furan rings is 1. The molecule has 0 amide bonds. The number of nitrogens with one attached hydrogen (secondary N) is 1. The molecule has 1 aromatic heterocycles. The second-order valence-corrected chi connectivity index (χ2v) is 4.44. The van der Waals surface area contributed by atoms with E-state index < -0.39 is 0 Å². The molecule has 0 unspecified atom stereocenters. The van der Waals surface area contributed by atoms with Crippen LogP contribution in [-0.2, 0) is 6.54 Å². The van der Waals surface area contributed by atoms with E-state index in [4.69, 9.17) is 16.0 Å². The van der Waals surface area contributed by atoms with Crippen molar-refractivity contribution in [2.45, 2.75) is 6.54 Å². The van der Waals surface area contributed by atoms with Crippen molar-refractivity contribution in [1.29, 1.82) is 0 Å². The minimum atomic E-state index is -0.375. The zero-order valence-electron chi connectivity index (χ0n) is 8.14. The van der Waals surface area contributed by atoms with Gasteiger partial charge in [-0.2, -0.15) is 0 Å². The Morgan fingerprint density at radius 1 is 1.44 bits per heavy atom. The first kappa shape index (κ1) is 11.5. The van der Waals surface area contributed by atoms with Crippen LogP contribution in [0.4, 0.5) is 10.1 Å². The molecular formula is C11H8BrClFNO. The number of benzene rings is 1. The van der Waals surface area contributed by atoms with E-state index >= 15 is 0 Å². The fourth-order valence-corrected chi connectivity index (χ4v) is 2.26. The molecule has 0 aliphatic heterocycles. The Balaban J connectivity index is 2.15. The van der Waals surface area contributed by atoms with Crippen molar-refractivity contribution in [3.8, 4) is 0 Å². The Bertz CT molecular complexity index is 464. The van der Waals surface area contributed by atoms with Crippen LogP contribution in [0.15, 0.2) is 39.4 Å². The van der Waals surface area contributed by atoms with Crippen molar-refractivity contribution < 1.29 is 8.81 Å². The van der Waals surface area contributed by atoms with Crippen molar-refractivity contribution in [1.82, 2.24) is 0 Å². The van der Waals surface area contributed by atoms with E-state index in [-0.39, 0.29) is 5.82 Å². The van der Waals surface area contributed by atoms with Crippen LogP contribution in [0.5, 0.6) is 0 Å². The van der Waals surface area contributed by atoms with Gasteiger partial charge in [-0.25, -0.2) is 4.39 Å². The van der Waals surface area contributed by atoms with Crippen LogP contribution in [0.1, 0.15) is 5.76 Å². The molecule has 5 heteroatoms. The number of anilines is 1. The summed E-state index contributed by atoms with van der Waals surface area (Å²) in [6.45, 7) is 0.497. The summed E-state index contributed by atoms with van der Waals surface area (Å²) in [5.41, 5.74) is 0.652. The molecule has 0 aliphatic rings. The molecule has 0 fully saturated rings. The molecule has 16 heavy (non-hydrogen) atoms. The summed E-state index contributed by atoms with van der Waals surface area (Å²) in [5, 5.41) is 3.40. The largest absolute Gasteiger partial charge is 0.467 e. The zero-order valence-corrected chi connectivity index (χ0v) is 10.5. The SMILES string of the molecule is Fc1cc(Cl)c(NCc2ccco2)c(Br)c1. The molecule has 0 saturated heterocycles. The van der Waals surface area contributed by atoms with E-state index in [1.54, 1.807) is 12.3 Å². The van der Waals surface area contributed by atoms with Gasteiger partial charge in [0.15, 0.2) is 0 Å². The molecule has 2 aromatic rings. The number of hydrogen-bond acceptors (Lipinski definition) is 2. The molecule has 0 atom stereocenters. The lowest BCUT2D eigenvalue weighted by Crippen LogP contribution is -2.00. The third kappa shape index (κ3) is 2.57. The second-order valence-electron chi connectivity index (χ2n) is 3.18. The Kier molecular flexibility index (Phi) is 3.51. The van der Waals surface area contributed by atoms with Crippen molar-refractivity contribution >= 4 is 33.2 Å². The minimum absolute atomic E-state index is 0.332. The summed E-state index contributed by atoms with van der Waals surface area (Å²) in [5.74, 6) is 0.410. The standard InChI is InChI=1S/C11H8BrClFNO/c12-9-4-7(14)5-10(13)11(9)15-6-8-2-1-3-16-8/h1-5,15H,6H2.